The number of fused-ring (bicyclic) bond motifs is 1. The van der Waals surface area contributed by atoms with Crippen molar-refractivity contribution in [3.8, 4) is 5.75 Å². The molecule has 2 heterocycles. The highest BCUT2D eigenvalue weighted by Gasteiger charge is 2.41. The number of piperazine rings is 1. The fraction of sp³-hybridized carbons (Fsp3) is 0.385. The topological polar surface area (TPSA) is 69.1 Å². The largest absolute Gasteiger partial charge is 0.497 e. The van der Waals surface area contributed by atoms with E-state index in [1.54, 1.807) is 37.6 Å². The number of ether oxygens (including phenoxy) is 1. The SMILES string of the molecule is COc1ccc2nccc(C(O)CN3CCN(CCN(C(=O)c4ccccc4)C(F)(F)F)CC3)c2c1. The molecule has 1 saturated heterocycles. The first-order valence-corrected chi connectivity index (χ1v) is 11.8. The number of carbonyl (C=O) groups excluding carboxylic acids is 1. The number of aromatic nitrogens is 1. The molecule has 1 atom stereocenters. The number of pyridine rings is 1. The van der Waals surface area contributed by atoms with E-state index in [1.807, 2.05) is 23.1 Å². The summed E-state index contributed by atoms with van der Waals surface area (Å²) in [6, 6.07) is 14.8. The molecule has 0 bridgehead atoms. The fourth-order valence-corrected chi connectivity index (χ4v) is 4.42. The number of hydrogen-bond donors (Lipinski definition) is 1. The number of halogens is 3. The lowest BCUT2D eigenvalue weighted by molar-refractivity contribution is -0.225. The third kappa shape index (κ3) is 6.13. The Bertz CT molecular complexity index is 1170. The lowest BCUT2D eigenvalue weighted by Crippen LogP contribution is -2.51. The van der Waals surface area contributed by atoms with Crippen LogP contribution in [-0.4, -0.2) is 89.9 Å². The van der Waals surface area contributed by atoms with Gasteiger partial charge in [-0.05, 0) is 42.0 Å². The summed E-state index contributed by atoms with van der Waals surface area (Å²) in [6.07, 6.45) is -3.85. The lowest BCUT2D eigenvalue weighted by atomic mass is 10.0. The van der Waals surface area contributed by atoms with Crippen LogP contribution >= 0.6 is 0 Å². The van der Waals surface area contributed by atoms with Crippen LogP contribution in [0.1, 0.15) is 22.0 Å². The van der Waals surface area contributed by atoms with Gasteiger partial charge in [0.05, 0.1) is 18.7 Å². The van der Waals surface area contributed by atoms with Crippen molar-refractivity contribution in [3.05, 3.63) is 71.9 Å². The van der Waals surface area contributed by atoms with Crippen LogP contribution < -0.4 is 4.74 Å². The molecule has 1 aliphatic heterocycles. The van der Waals surface area contributed by atoms with E-state index in [-0.39, 0.29) is 17.0 Å². The molecule has 2 aromatic carbocycles. The van der Waals surface area contributed by atoms with Gasteiger partial charge in [-0.25, -0.2) is 4.90 Å². The van der Waals surface area contributed by atoms with Crippen LogP contribution in [0.2, 0.25) is 0 Å². The first-order valence-electron chi connectivity index (χ1n) is 11.8. The molecular weight excluding hydrogens is 473 g/mol. The summed E-state index contributed by atoms with van der Waals surface area (Å²) in [5.74, 6) is -0.373. The molecule has 10 heteroatoms. The molecule has 3 aromatic rings. The summed E-state index contributed by atoms with van der Waals surface area (Å²) < 4.78 is 46.0. The van der Waals surface area contributed by atoms with Crippen molar-refractivity contribution in [1.29, 1.82) is 0 Å². The Labute approximate surface area is 207 Å². The minimum absolute atomic E-state index is 0.00916. The summed E-state index contributed by atoms with van der Waals surface area (Å²) in [6.45, 7) is 2.36. The molecule has 1 aliphatic rings. The van der Waals surface area contributed by atoms with Gasteiger partial charge in [0.1, 0.15) is 5.75 Å². The van der Waals surface area contributed by atoms with Crippen LogP contribution in [0.5, 0.6) is 5.75 Å². The number of methoxy groups -OCH3 is 1. The van der Waals surface area contributed by atoms with Gasteiger partial charge in [0, 0.05) is 63.0 Å². The van der Waals surface area contributed by atoms with Crippen molar-refractivity contribution < 1.29 is 27.8 Å². The second-order valence-electron chi connectivity index (χ2n) is 8.73. The third-order valence-electron chi connectivity index (χ3n) is 6.45. The Hall–Kier alpha value is -3.21. The molecule has 0 radical (unpaired) electrons. The van der Waals surface area contributed by atoms with E-state index in [0.717, 1.165) is 16.5 Å². The Morgan fingerprint density at radius 1 is 1.08 bits per heavy atom. The number of carbonyl (C=O) groups is 1. The van der Waals surface area contributed by atoms with Crippen LogP contribution in [0.3, 0.4) is 0 Å². The normalized spacial score (nSPS) is 16.1. The maximum absolute atomic E-state index is 13.6. The zero-order valence-corrected chi connectivity index (χ0v) is 20.0. The summed E-state index contributed by atoms with van der Waals surface area (Å²) in [7, 11) is 1.58. The molecular formula is C26H29F3N4O3. The molecule has 0 saturated carbocycles. The highest BCUT2D eigenvalue weighted by molar-refractivity contribution is 5.94. The van der Waals surface area contributed by atoms with Crippen molar-refractivity contribution in [2.75, 3.05) is 52.9 Å². The first-order chi connectivity index (χ1) is 17.3. The van der Waals surface area contributed by atoms with E-state index in [9.17, 15) is 23.1 Å². The molecule has 36 heavy (non-hydrogen) atoms. The van der Waals surface area contributed by atoms with Crippen LogP contribution in [0.15, 0.2) is 60.8 Å². The van der Waals surface area contributed by atoms with Gasteiger partial charge in [-0.3, -0.25) is 19.6 Å². The molecule has 192 valence electrons. The van der Waals surface area contributed by atoms with Gasteiger partial charge in [-0.15, -0.1) is 13.2 Å². The summed E-state index contributed by atoms with van der Waals surface area (Å²) in [5.41, 5.74) is 1.52. The van der Waals surface area contributed by atoms with Crippen molar-refractivity contribution in [3.63, 3.8) is 0 Å². The van der Waals surface area contributed by atoms with Gasteiger partial charge in [0.15, 0.2) is 0 Å². The van der Waals surface area contributed by atoms with Crippen molar-refractivity contribution in [2.24, 2.45) is 0 Å². The number of alkyl halides is 3. The van der Waals surface area contributed by atoms with Gasteiger partial charge in [-0.2, -0.15) is 0 Å². The van der Waals surface area contributed by atoms with E-state index < -0.39 is 24.9 Å². The molecule has 4 rings (SSSR count). The highest BCUT2D eigenvalue weighted by atomic mass is 19.4. The van der Waals surface area contributed by atoms with Gasteiger partial charge in [0.25, 0.3) is 5.91 Å². The average molecular weight is 503 g/mol. The number of hydrogen-bond acceptors (Lipinski definition) is 6. The molecule has 1 N–H and O–H groups in total. The maximum Gasteiger partial charge on any atom is 0.487 e. The number of amides is 1. The lowest BCUT2D eigenvalue weighted by Gasteiger charge is -2.36. The summed E-state index contributed by atoms with van der Waals surface area (Å²) in [5, 5.41) is 11.8. The zero-order valence-electron chi connectivity index (χ0n) is 20.0. The zero-order chi connectivity index (χ0) is 25.7. The molecule has 0 spiro atoms. The van der Waals surface area contributed by atoms with Crippen molar-refractivity contribution in [1.82, 2.24) is 19.7 Å². The number of β-amino-alcohol motifs (C(OH)–C–C–N with tert-alkyl or cyclic N) is 1. The minimum Gasteiger partial charge on any atom is -0.497 e. The van der Waals surface area contributed by atoms with Gasteiger partial charge in [-0.1, -0.05) is 18.2 Å². The van der Waals surface area contributed by atoms with Gasteiger partial charge in [0.2, 0.25) is 0 Å². The summed E-state index contributed by atoms with van der Waals surface area (Å²) in [4.78, 5) is 20.8. The third-order valence-corrected chi connectivity index (χ3v) is 6.45. The predicted molar refractivity (Wildman–Crippen MR) is 130 cm³/mol. The average Bonchev–Trinajstić information content (AvgIpc) is 2.88. The molecule has 1 amide bonds. The predicted octanol–water partition coefficient (Wildman–Crippen LogP) is 3.56. The number of aliphatic hydroxyl groups excluding tert-OH is 1. The second-order valence-corrected chi connectivity index (χ2v) is 8.73. The van der Waals surface area contributed by atoms with E-state index >= 15 is 0 Å². The fourth-order valence-electron chi connectivity index (χ4n) is 4.42. The van der Waals surface area contributed by atoms with Crippen LogP contribution in [0.25, 0.3) is 10.9 Å². The minimum atomic E-state index is -4.76. The van der Waals surface area contributed by atoms with Crippen LogP contribution in [-0.2, 0) is 0 Å². The van der Waals surface area contributed by atoms with E-state index in [1.165, 1.54) is 12.1 Å². The van der Waals surface area contributed by atoms with Gasteiger partial charge >= 0.3 is 6.30 Å². The van der Waals surface area contributed by atoms with E-state index in [2.05, 4.69) is 9.88 Å². The molecule has 1 aromatic heterocycles. The number of rotatable bonds is 8. The maximum atomic E-state index is 13.6. The van der Waals surface area contributed by atoms with E-state index in [0.29, 0.717) is 38.5 Å². The number of aliphatic hydroxyl groups is 1. The Balaban J connectivity index is 1.32. The smallest absolute Gasteiger partial charge is 0.487 e. The van der Waals surface area contributed by atoms with Gasteiger partial charge < -0.3 is 9.84 Å². The highest BCUT2D eigenvalue weighted by Crippen LogP contribution is 2.28. The van der Waals surface area contributed by atoms with E-state index in [4.69, 9.17) is 4.74 Å². The number of nitrogens with zero attached hydrogens (tertiary/aromatic N) is 4. The molecule has 1 unspecified atom stereocenters. The Kier molecular flexibility index (Phi) is 8.07. The standard InChI is InChI=1S/C26H29F3N4O3/c1-36-20-7-8-23-22(17-20)21(9-10-30-23)24(34)18-32-13-11-31(12-14-32)15-16-33(26(27,28)29)25(35)19-5-3-2-4-6-19/h2-10,17,24,34H,11-16,18H2,1H3. The van der Waals surface area contributed by atoms with Crippen LogP contribution in [0.4, 0.5) is 13.2 Å². The molecule has 1 fully saturated rings. The molecule has 7 nitrogen and oxygen atoms in total. The monoisotopic (exact) mass is 502 g/mol. The van der Waals surface area contributed by atoms with Crippen molar-refractivity contribution >= 4 is 16.8 Å². The Morgan fingerprint density at radius 3 is 2.44 bits per heavy atom. The van der Waals surface area contributed by atoms with Crippen molar-refractivity contribution in [2.45, 2.75) is 12.4 Å². The second kappa shape index (κ2) is 11.2. The first kappa shape index (κ1) is 25.9. The van der Waals surface area contributed by atoms with Crippen LogP contribution in [0, 0.1) is 0 Å². The Morgan fingerprint density at radius 2 is 1.78 bits per heavy atom. The quantitative estimate of drug-likeness (QED) is 0.475. The summed E-state index contributed by atoms with van der Waals surface area (Å²) >= 11 is 0. The number of benzene rings is 2. The molecule has 0 aliphatic carbocycles.